The fraction of sp³-hybridized carbons (Fsp3) is 0.273. The third kappa shape index (κ3) is 1.99. The van der Waals surface area contributed by atoms with Gasteiger partial charge in [-0.3, -0.25) is 4.90 Å². The Morgan fingerprint density at radius 2 is 2.25 bits per heavy atom. The SMILES string of the molecule is CCCN(C(N)=O)c1nc2ccccc2s1. The van der Waals surface area contributed by atoms with Gasteiger partial charge in [0, 0.05) is 6.54 Å². The molecular weight excluding hydrogens is 222 g/mol. The average molecular weight is 235 g/mol. The number of nitrogens with zero attached hydrogens (tertiary/aromatic N) is 2. The summed E-state index contributed by atoms with van der Waals surface area (Å²) >= 11 is 1.49. The van der Waals surface area contributed by atoms with Gasteiger partial charge >= 0.3 is 6.03 Å². The van der Waals surface area contributed by atoms with Gasteiger partial charge in [-0.05, 0) is 18.6 Å². The second-order valence-corrected chi connectivity index (χ2v) is 4.46. The van der Waals surface area contributed by atoms with E-state index in [9.17, 15) is 4.79 Å². The van der Waals surface area contributed by atoms with Crippen molar-refractivity contribution in [3.8, 4) is 0 Å². The lowest BCUT2D eigenvalue weighted by Crippen LogP contribution is -2.36. The molecule has 5 heteroatoms. The summed E-state index contributed by atoms with van der Waals surface area (Å²) in [5, 5.41) is 0.676. The summed E-state index contributed by atoms with van der Waals surface area (Å²) in [7, 11) is 0. The van der Waals surface area contributed by atoms with Gasteiger partial charge < -0.3 is 5.73 Å². The Bertz CT molecular complexity index is 476. The molecule has 2 amide bonds. The Kier molecular flexibility index (Phi) is 3.05. The first-order valence-electron chi connectivity index (χ1n) is 5.15. The van der Waals surface area contributed by atoms with Gasteiger partial charge in [0.15, 0.2) is 5.13 Å². The number of amides is 2. The van der Waals surface area contributed by atoms with E-state index < -0.39 is 6.03 Å². The van der Waals surface area contributed by atoms with Crippen LogP contribution in [0.1, 0.15) is 13.3 Å². The molecule has 1 aromatic carbocycles. The normalized spacial score (nSPS) is 10.6. The minimum Gasteiger partial charge on any atom is -0.351 e. The number of benzene rings is 1. The van der Waals surface area contributed by atoms with E-state index in [0.717, 1.165) is 16.6 Å². The molecule has 4 nitrogen and oxygen atoms in total. The molecule has 2 N–H and O–H groups in total. The molecule has 2 aromatic rings. The maximum absolute atomic E-state index is 11.3. The van der Waals surface area contributed by atoms with Crippen LogP contribution in [-0.2, 0) is 0 Å². The van der Waals surface area contributed by atoms with Crippen LogP contribution in [0.25, 0.3) is 10.2 Å². The van der Waals surface area contributed by atoms with Gasteiger partial charge in [0.2, 0.25) is 0 Å². The molecule has 0 saturated carbocycles. The number of urea groups is 1. The lowest BCUT2D eigenvalue weighted by molar-refractivity contribution is 0.254. The Labute approximate surface area is 97.7 Å². The number of hydrogen-bond acceptors (Lipinski definition) is 3. The number of primary amides is 1. The van der Waals surface area contributed by atoms with Crippen LogP contribution in [-0.4, -0.2) is 17.6 Å². The zero-order chi connectivity index (χ0) is 11.5. The zero-order valence-corrected chi connectivity index (χ0v) is 9.83. The van der Waals surface area contributed by atoms with E-state index in [0.29, 0.717) is 11.7 Å². The Hall–Kier alpha value is -1.62. The Balaban J connectivity index is 2.40. The van der Waals surface area contributed by atoms with Crippen LogP contribution in [0.2, 0.25) is 0 Å². The molecule has 2 rings (SSSR count). The van der Waals surface area contributed by atoms with E-state index in [1.807, 2.05) is 31.2 Å². The molecule has 0 aliphatic carbocycles. The predicted molar refractivity (Wildman–Crippen MR) is 66.8 cm³/mol. The standard InChI is InChI=1S/C11H13N3OS/c1-2-7-14(10(12)15)11-13-8-5-3-4-6-9(8)16-11/h3-6H,2,7H2,1H3,(H2,12,15). The number of aromatic nitrogens is 1. The van der Waals surface area contributed by atoms with Crippen molar-refractivity contribution in [1.82, 2.24) is 4.98 Å². The monoisotopic (exact) mass is 235 g/mol. The van der Waals surface area contributed by atoms with E-state index in [-0.39, 0.29) is 0 Å². The molecule has 0 unspecified atom stereocenters. The topological polar surface area (TPSA) is 59.2 Å². The Morgan fingerprint density at radius 3 is 2.88 bits per heavy atom. The van der Waals surface area contributed by atoms with Crippen molar-refractivity contribution in [2.75, 3.05) is 11.4 Å². The number of fused-ring (bicyclic) bond motifs is 1. The van der Waals surface area contributed by atoms with Gasteiger partial charge in [-0.25, -0.2) is 9.78 Å². The van der Waals surface area contributed by atoms with E-state index in [4.69, 9.17) is 5.73 Å². The lowest BCUT2D eigenvalue weighted by Gasteiger charge is -2.15. The summed E-state index contributed by atoms with van der Waals surface area (Å²) in [5.41, 5.74) is 6.24. The van der Waals surface area contributed by atoms with E-state index in [1.54, 1.807) is 0 Å². The number of rotatable bonds is 3. The Morgan fingerprint density at radius 1 is 1.50 bits per heavy atom. The molecule has 0 spiro atoms. The first kappa shape index (κ1) is 10.9. The number of anilines is 1. The number of carbonyl (C=O) groups excluding carboxylic acids is 1. The molecule has 1 heterocycles. The molecule has 0 saturated heterocycles. The highest BCUT2D eigenvalue weighted by Crippen LogP contribution is 2.28. The second-order valence-electron chi connectivity index (χ2n) is 3.45. The summed E-state index contributed by atoms with van der Waals surface area (Å²) in [4.78, 5) is 17.2. The highest BCUT2D eigenvalue weighted by Gasteiger charge is 2.15. The molecule has 16 heavy (non-hydrogen) atoms. The lowest BCUT2D eigenvalue weighted by atomic mass is 10.3. The van der Waals surface area contributed by atoms with Gasteiger partial charge in [0.1, 0.15) is 0 Å². The van der Waals surface area contributed by atoms with Crippen molar-refractivity contribution in [2.45, 2.75) is 13.3 Å². The molecule has 0 fully saturated rings. The van der Waals surface area contributed by atoms with Gasteiger partial charge in [0.25, 0.3) is 0 Å². The van der Waals surface area contributed by atoms with Crippen LogP contribution in [0.5, 0.6) is 0 Å². The number of nitrogens with two attached hydrogens (primary N) is 1. The minimum absolute atomic E-state index is 0.444. The zero-order valence-electron chi connectivity index (χ0n) is 9.01. The third-order valence-corrected chi connectivity index (χ3v) is 3.29. The maximum Gasteiger partial charge on any atom is 0.321 e. The largest absolute Gasteiger partial charge is 0.351 e. The first-order valence-corrected chi connectivity index (χ1v) is 5.96. The van der Waals surface area contributed by atoms with Crippen LogP contribution < -0.4 is 10.6 Å². The van der Waals surface area contributed by atoms with Crippen molar-refractivity contribution in [1.29, 1.82) is 0 Å². The number of hydrogen-bond donors (Lipinski definition) is 1. The van der Waals surface area contributed by atoms with Gasteiger partial charge in [-0.15, -0.1) is 0 Å². The summed E-state index contributed by atoms with van der Waals surface area (Å²) in [6.45, 7) is 2.61. The third-order valence-electron chi connectivity index (χ3n) is 2.23. The average Bonchev–Trinajstić information content (AvgIpc) is 2.68. The van der Waals surface area contributed by atoms with E-state index >= 15 is 0 Å². The van der Waals surface area contributed by atoms with Gasteiger partial charge in [-0.2, -0.15) is 0 Å². The fourth-order valence-electron chi connectivity index (χ4n) is 1.50. The molecule has 0 radical (unpaired) electrons. The van der Waals surface area contributed by atoms with Crippen LogP contribution in [0.15, 0.2) is 24.3 Å². The van der Waals surface area contributed by atoms with Crippen molar-refractivity contribution in [2.24, 2.45) is 5.73 Å². The molecule has 1 aromatic heterocycles. The summed E-state index contributed by atoms with van der Waals surface area (Å²) < 4.78 is 1.07. The van der Waals surface area contributed by atoms with Crippen LogP contribution in [0.4, 0.5) is 9.93 Å². The van der Waals surface area contributed by atoms with E-state index in [1.165, 1.54) is 16.2 Å². The molecule has 84 valence electrons. The first-order chi connectivity index (χ1) is 7.72. The maximum atomic E-state index is 11.3. The van der Waals surface area contributed by atoms with Crippen molar-refractivity contribution < 1.29 is 4.79 Å². The number of carbonyl (C=O) groups is 1. The number of thiazole rings is 1. The van der Waals surface area contributed by atoms with Crippen LogP contribution in [0.3, 0.4) is 0 Å². The van der Waals surface area contributed by atoms with Crippen molar-refractivity contribution in [3.63, 3.8) is 0 Å². The van der Waals surface area contributed by atoms with Crippen LogP contribution >= 0.6 is 11.3 Å². The summed E-state index contributed by atoms with van der Waals surface area (Å²) in [6.07, 6.45) is 0.860. The number of para-hydroxylation sites is 1. The molecule has 0 aliphatic heterocycles. The molecule has 0 bridgehead atoms. The second kappa shape index (κ2) is 4.49. The highest BCUT2D eigenvalue weighted by molar-refractivity contribution is 7.22. The van der Waals surface area contributed by atoms with Crippen molar-refractivity contribution >= 4 is 32.7 Å². The molecule has 0 atom stereocenters. The predicted octanol–water partition coefficient (Wildman–Crippen LogP) is 2.59. The van der Waals surface area contributed by atoms with Crippen LogP contribution in [0, 0.1) is 0 Å². The van der Waals surface area contributed by atoms with E-state index in [2.05, 4.69) is 4.98 Å². The summed E-state index contributed by atoms with van der Waals surface area (Å²) in [6, 6.07) is 7.36. The molecule has 0 aliphatic rings. The minimum atomic E-state index is -0.444. The molecular formula is C11H13N3OS. The quantitative estimate of drug-likeness (QED) is 0.888. The van der Waals surface area contributed by atoms with Crippen molar-refractivity contribution in [3.05, 3.63) is 24.3 Å². The van der Waals surface area contributed by atoms with Gasteiger partial charge in [0.05, 0.1) is 10.2 Å². The fourth-order valence-corrected chi connectivity index (χ4v) is 2.50. The smallest absolute Gasteiger partial charge is 0.321 e. The highest BCUT2D eigenvalue weighted by atomic mass is 32.1. The van der Waals surface area contributed by atoms with Gasteiger partial charge in [-0.1, -0.05) is 30.4 Å². The summed E-state index contributed by atoms with van der Waals surface area (Å²) in [5.74, 6) is 0.